The Bertz CT molecular complexity index is 696. The van der Waals surface area contributed by atoms with Gasteiger partial charge in [-0.25, -0.2) is 9.18 Å². The van der Waals surface area contributed by atoms with E-state index in [1.807, 2.05) is 0 Å². The van der Waals surface area contributed by atoms with Crippen molar-refractivity contribution in [2.45, 2.75) is 0 Å². The Morgan fingerprint density at radius 3 is 2.76 bits per heavy atom. The van der Waals surface area contributed by atoms with Crippen LogP contribution in [-0.2, 0) is 7.05 Å². The van der Waals surface area contributed by atoms with E-state index >= 15 is 0 Å². The van der Waals surface area contributed by atoms with Crippen LogP contribution in [0, 0.1) is 5.82 Å². The summed E-state index contributed by atoms with van der Waals surface area (Å²) in [4.78, 5) is 22.5. The van der Waals surface area contributed by atoms with E-state index in [0.717, 1.165) is 10.7 Å². The number of hydrogen-bond acceptors (Lipinski definition) is 3. The number of benzene rings is 1. The second-order valence-electron chi connectivity index (χ2n) is 3.36. The first-order valence-corrected chi connectivity index (χ1v) is 4.89. The molecule has 2 aromatic rings. The van der Waals surface area contributed by atoms with Crippen LogP contribution >= 0.6 is 11.6 Å². The molecule has 0 aliphatic heterocycles. The third-order valence-electron chi connectivity index (χ3n) is 2.30. The highest BCUT2D eigenvalue weighted by molar-refractivity contribution is 6.35. The van der Waals surface area contributed by atoms with Gasteiger partial charge in [-0.15, -0.1) is 0 Å². The van der Waals surface area contributed by atoms with Crippen LogP contribution in [0.5, 0.6) is 0 Å². The highest BCUT2D eigenvalue weighted by Gasteiger charge is 2.18. The van der Waals surface area contributed by atoms with E-state index in [2.05, 4.69) is 5.10 Å². The molecule has 0 aliphatic rings. The Morgan fingerprint density at radius 1 is 1.53 bits per heavy atom. The van der Waals surface area contributed by atoms with Gasteiger partial charge in [0.05, 0.1) is 10.9 Å². The molecular formula is C10H6ClFN2O3. The number of aryl methyl sites for hydroxylation is 1. The van der Waals surface area contributed by atoms with Crippen LogP contribution < -0.4 is 5.43 Å². The molecule has 0 radical (unpaired) electrons. The Morgan fingerprint density at radius 2 is 2.18 bits per heavy atom. The highest BCUT2D eigenvalue weighted by atomic mass is 35.5. The monoisotopic (exact) mass is 256 g/mol. The SMILES string of the molecule is Cn1nc(C(=O)O)c(=O)c2ccc(F)c(Cl)c21. The average Bonchev–Trinajstić information content (AvgIpc) is 2.26. The molecule has 0 saturated heterocycles. The van der Waals surface area contributed by atoms with Crippen LogP contribution in [0.1, 0.15) is 10.5 Å². The summed E-state index contributed by atoms with van der Waals surface area (Å²) in [6.07, 6.45) is 0. The fourth-order valence-electron chi connectivity index (χ4n) is 1.55. The van der Waals surface area contributed by atoms with Gasteiger partial charge in [0.1, 0.15) is 10.8 Å². The van der Waals surface area contributed by atoms with E-state index in [1.165, 1.54) is 13.1 Å². The molecule has 17 heavy (non-hydrogen) atoms. The second kappa shape index (κ2) is 3.81. The minimum Gasteiger partial charge on any atom is -0.476 e. The third kappa shape index (κ3) is 1.66. The molecule has 88 valence electrons. The van der Waals surface area contributed by atoms with Gasteiger partial charge < -0.3 is 5.11 Å². The Hall–Kier alpha value is -1.95. The van der Waals surface area contributed by atoms with Gasteiger partial charge >= 0.3 is 5.97 Å². The lowest BCUT2D eigenvalue weighted by atomic mass is 10.2. The summed E-state index contributed by atoms with van der Waals surface area (Å²) < 4.78 is 14.3. The van der Waals surface area contributed by atoms with E-state index in [0.29, 0.717) is 0 Å². The van der Waals surface area contributed by atoms with Crippen LogP contribution in [0.15, 0.2) is 16.9 Å². The van der Waals surface area contributed by atoms with E-state index in [-0.39, 0.29) is 15.9 Å². The van der Waals surface area contributed by atoms with Crippen LogP contribution in [0.25, 0.3) is 10.9 Å². The number of nitrogens with zero attached hydrogens (tertiary/aromatic N) is 2. The number of aromatic nitrogens is 2. The third-order valence-corrected chi connectivity index (χ3v) is 2.66. The van der Waals surface area contributed by atoms with Crippen molar-refractivity contribution < 1.29 is 14.3 Å². The molecule has 0 atom stereocenters. The Kier molecular flexibility index (Phi) is 2.59. The van der Waals surface area contributed by atoms with Crippen molar-refractivity contribution in [2.24, 2.45) is 7.05 Å². The van der Waals surface area contributed by atoms with Crippen LogP contribution in [0.2, 0.25) is 5.02 Å². The molecule has 1 aromatic carbocycles. The largest absolute Gasteiger partial charge is 0.476 e. The average molecular weight is 257 g/mol. The van der Waals surface area contributed by atoms with Crippen LogP contribution in [-0.4, -0.2) is 20.9 Å². The molecule has 2 rings (SSSR count). The highest BCUT2D eigenvalue weighted by Crippen LogP contribution is 2.23. The summed E-state index contributed by atoms with van der Waals surface area (Å²) in [6, 6.07) is 2.20. The maximum Gasteiger partial charge on any atom is 0.360 e. The standard InChI is InChI=1S/C10H6ClFN2O3/c1-14-8-4(2-3-5(12)6(8)11)9(15)7(13-14)10(16)17/h2-3H,1H3,(H,16,17). The molecular weight excluding hydrogens is 251 g/mol. The number of carboxylic acids is 1. The van der Waals surface area contributed by atoms with Gasteiger partial charge in [0.15, 0.2) is 0 Å². The molecule has 0 amide bonds. The maximum atomic E-state index is 13.2. The van der Waals surface area contributed by atoms with Crippen molar-refractivity contribution in [3.63, 3.8) is 0 Å². The maximum absolute atomic E-state index is 13.2. The minimum atomic E-state index is -1.44. The summed E-state index contributed by atoms with van der Waals surface area (Å²) in [5.74, 6) is -2.13. The van der Waals surface area contributed by atoms with Gasteiger partial charge in [-0.2, -0.15) is 5.10 Å². The van der Waals surface area contributed by atoms with Gasteiger partial charge in [-0.05, 0) is 12.1 Å². The fraction of sp³-hybridized carbons (Fsp3) is 0.100. The first kappa shape index (κ1) is 11.5. The number of aromatic carboxylic acids is 1. The lowest BCUT2D eigenvalue weighted by Gasteiger charge is -2.07. The predicted molar refractivity (Wildman–Crippen MR) is 58.9 cm³/mol. The molecule has 0 fully saturated rings. The summed E-state index contributed by atoms with van der Waals surface area (Å²) in [7, 11) is 1.39. The van der Waals surface area contributed by atoms with Crippen LogP contribution in [0.4, 0.5) is 4.39 Å². The summed E-state index contributed by atoms with van der Waals surface area (Å²) in [5, 5.41) is 12.1. The molecule has 0 unspecified atom stereocenters. The quantitative estimate of drug-likeness (QED) is 0.838. The number of fused-ring (bicyclic) bond motifs is 1. The molecule has 1 N–H and O–H groups in total. The van der Waals surface area contributed by atoms with Gasteiger partial charge in [0, 0.05) is 7.05 Å². The molecule has 1 heterocycles. The zero-order chi connectivity index (χ0) is 12.7. The van der Waals surface area contributed by atoms with Crippen molar-refractivity contribution >= 4 is 28.5 Å². The predicted octanol–water partition coefficient (Wildman–Crippen LogP) is 1.42. The number of carbonyl (C=O) groups is 1. The van der Waals surface area contributed by atoms with Crippen molar-refractivity contribution in [3.05, 3.63) is 38.9 Å². The lowest BCUT2D eigenvalue weighted by Crippen LogP contribution is -2.22. The van der Waals surface area contributed by atoms with Crippen molar-refractivity contribution in [2.75, 3.05) is 0 Å². The molecule has 5 nitrogen and oxygen atoms in total. The van der Waals surface area contributed by atoms with Crippen molar-refractivity contribution in [1.29, 1.82) is 0 Å². The molecule has 0 aliphatic carbocycles. The van der Waals surface area contributed by atoms with Gasteiger partial charge in [-0.1, -0.05) is 11.6 Å². The van der Waals surface area contributed by atoms with Gasteiger partial charge in [0.25, 0.3) is 0 Å². The number of halogens is 2. The Balaban J connectivity index is 3.03. The zero-order valence-corrected chi connectivity index (χ0v) is 9.32. The summed E-state index contributed by atoms with van der Waals surface area (Å²) in [6.45, 7) is 0. The fourth-order valence-corrected chi connectivity index (χ4v) is 1.84. The first-order chi connectivity index (χ1) is 7.93. The first-order valence-electron chi connectivity index (χ1n) is 4.51. The summed E-state index contributed by atoms with van der Waals surface area (Å²) >= 11 is 5.71. The Labute approximate surface area is 99.0 Å². The molecule has 0 saturated carbocycles. The number of rotatable bonds is 1. The number of hydrogen-bond donors (Lipinski definition) is 1. The van der Waals surface area contributed by atoms with E-state index in [4.69, 9.17) is 16.7 Å². The van der Waals surface area contributed by atoms with E-state index in [1.54, 1.807) is 0 Å². The smallest absolute Gasteiger partial charge is 0.360 e. The van der Waals surface area contributed by atoms with E-state index < -0.39 is 22.9 Å². The molecule has 1 aromatic heterocycles. The van der Waals surface area contributed by atoms with Crippen molar-refractivity contribution in [3.8, 4) is 0 Å². The normalized spacial score (nSPS) is 10.8. The number of carboxylic acid groups (broad SMARTS) is 1. The van der Waals surface area contributed by atoms with Crippen molar-refractivity contribution in [1.82, 2.24) is 9.78 Å². The minimum absolute atomic E-state index is 0.0197. The lowest BCUT2D eigenvalue weighted by molar-refractivity contribution is 0.0687. The topological polar surface area (TPSA) is 72.2 Å². The van der Waals surface area contributed by atoms with E-state index in [9.17, 15) is 14.0 Å². The zero-order valence-electron chi connectivity index (χ0n) is 8.57. The van der Waals surface area contributed by atoms with Crippen LogP contribution in [0.3, 0.4) is 0 Å². The second-order valence-corrected chi connectivity index (χ2v) is 3.74. The molecule has 0 bridgehead atoms. The van der Waals surface area contributed by atoms with Gasteiger partial charge in [-0.3, -0.25) is 9.48 Å². The summed E-state index contributed by atoms with van der Waals surface area (Å²) in [5.41, 5.74) is -1.34. The molecule has 0 spiro atoms. The van der Waals surface area contributed by atoms with Gasteiger partial charge in [0.2, 0.25) is 11.1 Å². The molecule has 7 heteroatoms.